The molecule has 0 spiro atoms. The molecule has 0 aromatic heterocycles. The molecule has 144 valence electrons. The summed E-state index contributed by atoms with van der Waals surface area (Å²) < 4.78 is 5.65. The summed E-state index contributed by atoms with van der Waals surface area (Å²) in [5.41, 5.74) is 5.61. The average Bonchev–Trinajstić information content (AvgIpc) is 2.69. The lowest BCUT2D eigenvalue weighted by atomic mass is 9.89. The van der Waals surface area contributed by atoms with E-state index in [0.29, 0.717) is 24.8 Å². The van der Waals surface area contributed by atoms with Gasteiger partial charge >= 0.3 is 0 Å². The van der Waals surface area contributed by atoms with Crippen molar-refractivity contribution in [3.63, 3.8) is 0 Å². The Morgan fingerprint density at radius 3 is 2.25 bits per heavy atom. The molecule has 1 aliphatic carbocycles. The molecule has 0 N–H and O–H groups in total. The largest absolute Gasteiger partial charge is 0.372 e. The molecular formula is C25H26O3. The van der Waals surface area contributed by atoms with E-state index in [4.69, 9.17) is 4.74 Å². The molecule has 0 saturated heterocycles. The normalized spacial score (nSPS) is 15.4. The third-order valence-corrected chi connectivity index (χ3v) is 5.19. The van der Waals surface area contributed by atoms with Gasteiger partial charge in [-0.15, -0.1) is 0 Å². The van der Waals surface area contributed by atoms with E-state index in [1.165, 1.54) is 0 Å². The molecule has 3 rings (SSSR count). The van der Waals surface area contributed by atoms with Gasteiger partial charge in [-0.3, -0.25) is 9.59 Å². The highest BCUT2D eigenvalue weighted by molar-refractivity contribution is 6.01. The topological polar surface area (TPSA) is 43.4 Å². The van der Waals surface area contributed by atoms with E-state index in [2.05, 4.69) is 0 Å². The van der Waals surface area contributed by atoms with E-state index < -0.39 is 0 Å². The second kappa shape index (κ2) is 8.94. The van der Waals surface area contributed by atoms with Gasteiger partial charge in [-0.2, -0.15) is 0 Å². The van der Waals surface area contributed by atoms with Crippen molar-refractivity contribution in [2.75, 3.05) is 7.11 Å². The molecule has 2 aromatic rings. The fourth-order valence-corrected chi connectivity index (χ4v) is 3.74. The van der Waals surface area contributed by atoms with Crippen molar-refractivity contribution < 1.29 is 14.3 Å². The van der Waals surface area contributed by atoms with Gasteiger partial charge in [0, 0.05) is 25.5 Å². The summed E-state index contributed by atoms with van der Waals surface area (Å²) in [6, 6.07) is 17.6. The molecule has 0 amide bonds. The van der Waals surface area contributed by atoms with Crippen molar-refractivity contribution in [2.24, 2.45) is 0 Å². The number of carbonyl (C=O) groups excluding carboxylic acids is 2. The molecule has 2 aromatic carbocycles. The molecule has 0 aliphatic heterocycles. The number of hydrogen-bond donors (Lipinski definition) is 0. The van der Waals surface area contributed by atoms with Crippen LogP contribution in [0.4, 0.5) is 0 Å². The molecule has 28 heavy (non-hydrogen) atoms. The van der Waals surface area contributed by atoms with Crippen molar-refractivity contribution in [3.05, 3.63) is 94.1 Å². The first-order chi connectivity index (χ1) is 13.5. The van der Waals surface area contributed by atoms with Crippen LogP contribution in [0, 0.1) is 0 Å². The summed E-state index contributed by atoms with van der Waals surface area (Å²) in [5, 5.41) is 0. The highest BCUT2D eigenvalue weighted by atomic mass is 16.5. The SMILES string of the molecule is COC(c1ccccc1)c1ccc(C(=O)CCC2=C(C)C=C(C)CC2=O)cc1. The second-order valence-corrected chi connectivity index (χ2v) is 7.32. The number of methoxy groups -OCH3 is 1. The molecule has 0 radical (unpaired) electrons. The first-order valence-corrected chi connectivity index (χ1v) is 9.60. The average molecular weight is 374 g/mol. The third-order valence-electron chi connectivity index (χ3n) is 5.19. The standard InChI is InChI=1S/C25H26O3/c1-17-15-18(2)22(24(27)16-17)13-14-23(26)19-9-11-21(12-10-19)25(28-3)20-7-5-4-6-8-20/h4-12,15,25H,13-14,16H2,1-3H3. The van der Waals surface area contributed by atoms with Crippen LogP contribution in [0.1, 0.15) is 60.7 Å². The Bertz CT molecular complexity index is 918. The van der Waals surface area contributed by atoms with Crippen LogP contribution in [0.2, 0.25) is 0 Å². The fraction of sp³-hybridized carbons (Fsp3) is 0.280. The lowest BCUT2D eigenvalue weighted by molar-refractivity contribution is -0.115. The molecule has 1 unspecified atom stereocenters. The van der Waals surface area contributed by atoms with Crippen molar-refractivity contribution in [1.82, 2.24) is 0 Å². The number of allylic oxidation sites excluding steroid dienone is 4. The zero-order valence-electron chi connectivity index (χ0n) is 16.7. The molecule has 3 nitrogen and oxygen atoms in total. The van der Waals surface area contributed by atoms with Gasteiger partial charge in [-0.1, -0.05) is 66.2 Å². The second-order valence-electron chi connectivity index (χ2n) is 7.32. The van der Waals surface area contributed by atoms with Gasteiger partial charge in [0.25, 0.3) is 0 Å². The van der Waals surface area contributed by atoms with Crippen molar-refractivity contribution in [1.29, 1.82) is 0 Å². The quantitative estimate of drug-likeness (QED) is 0.591. The molecular weight excluding hydrogens is 348 g/mol. The zero-order valence-corrected chi connectivity index (χ0v) is 16.7. The van der Waals surface area contributed by atoms with Gasteiger partial charge in [-0.05, 0) is 42.5 Å². The number of rotatable bonds is 7. The maximum absolute atomic E-state index is 12.6. The van der Waals surface area contributed by atoms with E-state index in [1.807, 2.05) is 74.5 Å². The summed E-state index contributed by atoms with van der Waals surface area (Å²) in [6.07, 6.45) is 3.20. The van der Waals surface area contributed by atoms with E-state index >= 15 is 0 Å². The van der Waals surface area contributed by atoms with Crippen LogP contribution < -0.4 is 0 Å². The van der Waals surface area contributed by atoms with Crippen molar-refractivity contribution >= 4 is 11.6 Å². The van der Waals surface area contributed by atoms with E-state index in [9.17, 15) is 9.59 Å². The van der Waals surface area contributed by atoms with Crippen molar-refractivity contribution in [3.8, 4) is 0 Å². The summed E-state index contributed by atoms with van der Waals surface area (Å²) in [6.45, 7) is 3.91. The molecule has 3 heteroatoms. The minimum Gasteiger partial charge on any atom is -0.372 e. The number of carbonyl (C=O) groups is 2. The predicted molar refractivity (Wildman–Crippen MR) is 111 cm³/mol. The summed E-state index contributed by atoms with van der Waals surface area (Å²) in [5.74, 6) is 0.200. The van der Waals surface area contributed by atoms with Gasteiger partial charge < -0.3 is 4.74 Å². The van der Waals surface area contributed by atoms with E-state index in [0.717, 1.165) is 27.8 Å². The van der Waals surface area contributed by atoms with Crippen LogP contribution >= 0.6 is 0 Å². The minimum absolute atomic E-state index is 0.0552. The maximum atomic E-state index is 12.6. The number of hydrogen-bond acceptors (Lipinski definition) is 3. The number of benzene rings is 2. The Kier molecular flexibility index (Phi) is 6.37. The lowest BCUT2D eigenvalue weighted by Gasteiger charge is -2.17. The van der Waals surface area contributed by atoms with Crippen molar-refractivity contribution in [2.45, 2.75) is 39.2 Å². The Morgan fingerprint density at radius 2 is 1.64 bits per heavy atom. The fourth-order valence-electron chi connectivity index (χ4n) is 3.74. The first-order valence-electron chi connectivity index (χ1n) is 9.60. The van der Waals surface area contributed by atoms with Gasteiger partial charge in [0.15, 0.2) is 11.6 Å². The lowest BCUT2D eigenvalue weighted by Crippen LogP contribution is -2.11. The van der Waals surface area contributed by atoms with Crippen LogP contribution in [-0.2, 0) is 9.53 Å². The number of ether oxygens (including phenoxy) is 1. The Labute approximate surface area is 166 Å². The van der Waals surface area contributed by atoms with Crippen LogP contribution in [0.5, 0.6) is 0 Å². The van der Waals surface area contributed by atoms with Crippen LogP contribution in [0.25, 0.3) is 0 Å². The predicted octanol–water partition coefficient (Wildman–Crippen LogP) is 5.62. The molecule has 1 aliphatic rings. The van der Waals surface area contributed by atoms with Gasteiger partial charge in [0.1, 0.15) is 6.10 Å². The van der Waals surface area contributed by atoms with Gasteiger partial charge in [0.2, 0.25) is 0 Å². The van der Waals surface area contributed by atoms with Crippen LogP contribution in [0.3, 0.4) is 0 Å². The molecule has 1 atom stereocenters. The van der Waals surface area contributed by atoms with Crippen LogP contribution in [-0.4, -0.2) is 18.7 Å². The van der Waals surface area contributed by atoms with E-state index in [1.54, 1.807) is 7.11 Å². The first kappa shape index (κ1) is 20.0. The highest BCUT2D eigenvalue weighted by Gasteiger charge is 2.19. The molecule has 0 saturated carbocycles. The monoisotopic (exact) mass is 374 g/mol. The number of ketones is 2. The van der Waals surface area contributed by atoms with Crippen LogP contribution in [0.15, 0.2) is 77.4 Å². The van der Waals surface area contributed by atoms with Gasteiger partial charge in [0.05, 0.1) is 0 Å². The molecule has 0 bridgehead atoms. The summed E-state index contributed by atoms with van der Waals surface area (Å²) in [4.78, 5) is 24.8. The van der Waals surface area contributed by atoms with Gasteiger partial charge in [-0.25, -0.2) is 0 Å². The third kappa shape index (κ3) is 4.55. The minimum atomic E-state index is -0.159. The highest BCUT2D eigenvalue weighted by Crippen LogP contribution is 2.27. The molecule has 0 heterocycles. The Balaban J connectivity index is 1.69. The Hall–Kier alpha value is -2.78. The Morgan fingerprint density at radius 1 is 1.00 bits per heavy atom. The summed E-state index contributed by atoms with van der Waals surface area (Å²) >= 11 is 0. The maximum Gasteiger partial charge on any atom is 0.163 e. The molecule has 0 fully saturated rings. The summed E-state index contributed by atoms with van der Waals surface area (Å²) in [7, 11) is 1.68. The smallest absolute Gasteiger partial charge is 0.163 e. The number of Topliss-reactive ketones (excluding diaryl/α,β-unsaturated/α-hetero) is 2. The zero-order chi connectivity index (χ0) is 20.1. The van der Waals surface area contributed by atoms with E-state index in [-0.39, 0.29) is 17.7 Å².